The summed E-state index contributed by atoms with van der Waals surface area (Å²) in [6, 6.07) is 165. The van der Waals surface area contributed by atoms with Gasteiger partial charge in [-0.2, -0.15) is 0 Å². The van der Waals surface area contributed by atoms with Gasteiger partial charge in [-0.25, -0.2) is 29.9 Å². The maximum atomic E-state index is 5.39. The lowest BCUT2D eigenvalue weighted by atomic mass is 9.63. The Kier molecular flexibility index (Phi) is 20.9. The van der Waals surface area contributed by atoms with Crippen molar-refractivity contribution in [1.29, 1.82) is 0 Å². The molecule has 0 unspecified atom stereocenters. The number of hydrogen-bond donors (Lipinski definition) is 0. The Morgan fingerprint density at radius 2 is 0.422 bits per heavy atom. The van der Waals surface area contributed by atoms with Crippen molar-refractivity contribution in [3.8, 4) is 102 Å². The number of aromatic nitrogens is 8. The fraction of sp³-hybridized carbons (Fsp3) is 0.0500. The van der Waals surface area contributed by atoms with Crippen LogP contribution in [0.3, 0.4) is 0 Å². The van der Waals surface area contributed by atoms with Gasteiger partial charge in [0.05, 0.1) is 44.3 Å². The van der Waals surface area contributed by atoms with E-state index in [0.29, 0.717) is 34.9 Å². The molecule has 18 aromatic carbocycles. The fourth-order valence-corrected chi connectivity index (χ4v) is 19.3. The lowest BCUT2D eigenvalue weighted by Crippen LogP contribution is -2.31. The van der Waals surface area contributed by atoms with Crippen molar-refractivity contribution in [2.75, 3.05) is 0 Å². The molecule has 0 bridgehead atoms. The standard InChI is InChI=1S/2C60H44N4/c1-41-35-37-53-50(39-41)51-40-42(2)36-38-54(51)64(53)55-34-20-32-49(59-62-57(43-21-8-3-9-22-43)61-58(63-59)44-23-10-4-11-24-44)56(55)48-31-18-19-33-52(48)60(45-25-12-5-13-26-45,46-27-14-6-15-28-46)47-29-16-7-17-30-47;1-41-31-37-53-51(39-41)52-40-42(2)32-38-54(52)64(53)55-30-18-29-50(59-62-57(44-19-8-3-9-20-44)61-58(63-59)45-21-10-4-11-22-45)56(55)43-33-35-49(36-34-43)60(46-23-12-5-13-24-46,47-25-14-6-15-26-47)48-27-16-7-17-28-48/h2*3-40H,1-2H3. The molecule has 0 saturated carbocycles. The zero-order chi connectivity index (χ0) is 86.1. The van der Waals surface area contributed by atoms with Crippen LogP contribution in [0.25, 0.3) is 146 Å². The molecular weight excluding hydrogens is 1550 g/mol. The molecule has 22 aromatic rings. The molecule has 0 aliphatic heterocycles. The van der Waals surface area contributed by atoms with Crippen molar-refractivity contribution in [2.24, 2.45) is 0 Å². The minimum atomic E-state index is -0.733. The Labute approximate surface area is 745 Å². The summed E-state index contributed by atoms with van der Waals surface area (Å²) >= 11 is 0. The molecule has 0 saturated heterocycles. The van der Waals surface area contributed by atoms with E-state index in [1.165, 1.54) is 82.7 Å². The molecule has 4 heterocycles. The number of rotatable bonds is 18. The van der Waals surface area contributed by atoms with Crippen LogP contribution >= 0.6 is 0 Å². The van der Waals surface area contributed by atoms with Crippen molar-refractivity contribution in [3.05, 3.63) is 528 Å². The van der Waals surface area contributed by atoms with Gasteiger partial charge in [0.25, 0.3) is 0 Å². The highest BCUT2D eigenvalue weighted by molar-refractivity contribution is 6.12. The molecule has 608 valence electrons. The third kappa shape index (κ3) is 14.3. The van der Waals surface area contributed by atoms with Gasteiger partial charge in [-0.3, -0.25) is 0 Å². The van der Waals surface area contributed by atoms with E-state index in [0.717, 1.165) is 94.6 Å². The SMILES string of the molecule is Cc1ccc2c(c1)c1cc(C)ccc1n2-c1cccc(-c2nc(-c3ccccc3)nc(-c3ccccc3)n2)c1-c1ccc(C(c2ccccc2)(c2ccccc2)c2ccccc2)cc1.Cc1ccc2c(c1)c1cc(C)ccc1n2-c1cccc(-c2nc(-c3ccccc3)nc(-c3ccccc3)n2)c1-c1ccccc1C(c1ccccc1)(c1ccccc1)c1ccccc1. The van der Waals surface area contributed by atoms with Crippen molar-refractivity contribution in [1.82, 2.24) is 39.0 Å². The van der Waals surface area contributed by atoms with Crippen molar-refractivity contribution < 1.29 is 0 Å². The number of aryl methyl sites for hydroxylation is 4. The van der Waals surface area contributed by atoms with E-state index < -0.39 is 10.8 Å². The van der Waals surface area contributed by atoms with Gasteiger partial charge < -0.3 is 9.13 Å². The van der Waals surface area contributed by atoms with Crippen LogP contribution in [0, 0.1) is 27.7 Å². The lowest BCUT2D eigenvalue weighted by molar-refractivity contribution is 0.745. The van der Waals surface area contributed by atoms with Gasteiger partial charge >= 0.3 is 0 Å². The molecule has 0 fully saturated rings. The highest BCUT2D eigenvalue weighted by Crippen LogP contribution is 2.53. The third-order valence-corrected chi connectivity index (χ3v) is 25.0. The molecule has 0 amide bonds. The Morgan fingerprint density at radius 3 is 0.734 bits per heavy atom. The molecule has 0 atom stereocenters. The minimum Gasteiger partial charge on any atom is -0.309 e. The van der Waals surface area contributed by atoms with Crippen LogP contribution in [0.2, 0.25) is 0 Å². The Bertz CT molecular complexity index is 7360. The van der Waals surface area contributed by atoms with E-state index in [-0.39, 0.29) is 0 Å². The van der Waals surface area contributed by atoms with Gasteiger partial charge in [-0.1, -0.05) is 423 Å². The Balaban J connectivity index is 0.000000156. The van der Waals surface area contributed by atoms with E-state index in [1.807, 2.05) is 72.8 Å². The van der Waals surface area contributed by atoms with Gasteiger partial charge in [-0.05, 0) is 144 Å². The monoisotopic (exact) mass is 1640 g/mol. The fourth-order valence-electron chi connectivity index (χ4n) is 19.3. The summed E-state index contributed by atoms with van der Waals surface area (Å²) < 4.78 is 4.88. The second-order valence-corrected chi connectivity index (χ2v) is 33.0. The van der Waals surface area contributed by atoms with Crippen LogP contribution < -0.4 is 0 Å². The molecule has 0 spiro atoms. The molecule has 4 aromatic heterocycles. The summed E-state index contributed by atoms with van der Waals surface area (Å²) in [5.74, 6) is 3.67. The molecule has 8 nitrogen and oxygen atoms in total. The van der Waals surface area contributed by atoms with Gasteiger partial charge in [0.1, 0.15) is 0 Å². The first-order chi connectivity index (χ1) is 63.1. The second-order valence-electron chi connectivity index (χ2n) is 33.0. The van der Waals surface area contributed by atoms with E-state index in [1.54, 1.807) is 0 Å². The summed E-state index contributed by atoms with van der Waals surface area (Å²) in [6.07, 6.45) is 0. The van der Waals surface area contributed by atoms with Crippen LogP contribution in [0.5, 0.6) is 0 Å². The second kappa shape index (κ2) is 34.0. The van der Waals surface area contributed by atoms with Crippen LogP contribution in [-0.2, 0) is 10.8 Å². The Morgan fingerprint density at radius 1 is 0.180 bits per heavy atom. The molecular formula is C120H88N8. The van der Waals surface area contributed by atoms with E-state index in [9.17, 15) is 0 Å². The lowest BCUT2D eigenvalue weighted by Gasteiger charge is -2.38. The highest BCUT2D eigenvalue weighted by atomic mass is 15.1. The zero-order valence-electron chi connectivity index (χ0n) is 71.5. The van der Waals surface area contributed by atoms with Gasteiger partial charge in [-0.15, -0.1) is 0 Å². The quantitative estimate of drug-likeness (QED) is 0.0796. The van der Waals surface area contributed by atoms with Crippen LogP contribution in [0.1, 0.15) is 66.8 Å². The first-order valence-electron chi connectivity index (χ1n) is 43.7. The minimum absolute atomic E-state index is 0.587. The van der Waals surface area contributed by atoms with Crippen LogP contribution in [0.4, 0.5) is 0 Å². The average Bonchev–Trinajstić information content (AvgIpc) is 1.57. The van der Waals surface area contributed by atoms with E-state index in [2.05, 4.69) is 425 Å². The predicted octanol–water partition coefficient (Wildman–Crippen LogP) is 29.3. The zero-order valence-corrected chi connectivity index (χ0v) is 71.5. The van der Waals surface area contributed by atoms with Crippen molar-refractivity contribution >= 4 is 43.6 Å². The molecule has 0 radical (unpaired) electrons. The predicted molar refractivity (Wildman–Crippen MR) is 527 cm³/mol. The molecule has 0 aliphatic carbocycles. The van der Waals surface area contributed by atoms with Gasteiger partial charge in [0.15, 0.2) is 34.9 Å². The van der Waals surface area contributed by atoms with Crippen LogP contribution in [-0.4, -0.2) is 39.0 Å². The summed E-state index contributed by atoms with van der Waals surface area (Å²) in [5.41, 5.74) is 29.3. The molecule has 22 rings (SSSR count). The molecule has 128 heavy (non-hydrogen) atoms. The maximum absolute atomic E-state index is 5.39. The van der Waals surface area contributed by atoms with Crippen molar-refractivity contribution in [2.45, 2.75) is 38.5 Å². The van der Waals surface area contributed by atoms with E-state index in [4.69, 9.17) is 29.9 Å². The normalized spacial score (nSPS) is 11.6. The number of nitrogens with zero attached hydrogens (tertiary/aromatic N) is 8. The summed E-state index contributed by atoms with van der Waals surface area (Å²) in [5, 5.41) is 4.88. The average molecular weight is 1640 g/mol. The summed E-state index contributed by atoms with van der Waals surface area (Å²) in [6.45, 7) is 8.68. The number of hydrogen-bond acceptors (Lipinski definition) is 6. The number of benzene rings is 18. The van der Waals surface area contributed by atoms with Crippen molar-refractivity contribution in [3.63, 3.8) is 0 Å². The largest absolute Gasteiger partial charge is 0.309 e. The van der Waals surface area contributed by atoms with Gasteiger partial charge in [0.2, 0.25) is 0 Å². The molecule has 0 aliphatic rings. The molecule has 0 N–H and O–H groups in total. The summed E-state index contributed by atoms with van der Waals surface area (Å²) in [7, 11) is 0. The summed E-state index contributed by atoms with van der Waals surface area (Å²) in [4.78, 5) is 31.6. The van der Waals surface area contributed by atoms with Crippen LogP contribution in [0.15, 0.2) is 461 Å². The Hall–Kier alpha value is -16.4. The highest BCUT2D eigenvalue weighted by Gasteiger charge is 2.42. The smallest absolute Gasteiger partial charge is 0.164 e. The molecule has 8 heteroatoms. The third-order valence-electron chi connectivity index (χ3n) is 25.0. The number of fused-ring (bicyclic) bond motifs is 6. The van der Waals surface area contributed by atoms with E-state index >= 15 is 0 Å². The first-order valence-corrected chi connectivity index (χ1v) is 43.7. The topological polar surface area (TPSA) is 87.2 Å². The first kappa shape index (κ1) is 78.8. The van der Waals surface area contributed by atoms with Gasteiger partial charge in [0, 0.05) is 66.1 Å². The maximum Gasteiger partial charge on any atom is 0.164 e.